The number of rotatable bonds is 4. The van der Waals surface area contributed by atoms with E-state index in [4.69, 9.17) is 9.47 Å². The molecule has 0 saturated carbocycles. The van der Waals surface area contributed by atoms with Gasteiger partial charge >= 0.3 is 11.9 Å². The minimum absolute atomic E-state index is 0.126. The predicted molar refractivity (Wildman–Crippen MR) is 109 cm³/mol. The molecular weight excluding hydrogens is 426 g/mol. The van der Waals surface area contributed by atoms with Gasteiger partial charge in [-0.25, -0.2) is 9.59 Å². The Morgan fingerprint density at radius 3 is 2.00 bits per heavy atom. The van der Waals surface area contributed by atoms with Crippen LogP contribution in [0.25, 0.3) is 10.8 Å². The van der Waals surface area contributed by atoms with Gasteiger partial charge in [0.1, 0.15) is 0 Å². The fraction of sp³-hybridized carbons (Fsp3) is 0.0952. The molecule has 6 nitrogen and oxygen atoms in total. The molecule has 0 aliphatic carbocycles. The third-order valence-corrected chi connectivity index (χ3v) is 4.84. The van der Waals surface area contributed by atoms with Gasteiger partial charge in [0.15, 0.2) is 0 Å². The SMILES string of the molecule is COC(=O)c1cc(NC(=O)c2cccc3c(Br)cccc23)cc(C(=O)OC)c1. The van der Waals surface area contributed by atoms with Gasteiger partial charge in [0.05, 0.1) is 25.3 Å². The van der Waals surface area contributed by atoms with E-state index < -0.39 is 11.9 Å². The maximum absolute atomic E-state index is 12.9. The number of anilines is 1. The van der Waals surface area contributed by atoms with Crippen molar-refractivity contribution in [2.24, 2.45) is 0 Å². The molecule has 0 spiro atoms. The molecule has 0 aliphatic heterocycles. The van der Waals surface area contributed by atoms with E-state index in [0.29, 0.717) is 5.56 Å². The summed E-state index contributed by atoms with van der Waals surface area (Å²) in [4.78, 5) is 36.7. The highest BCUT2D eigenvalue weighted by Gasteiger charge is 2.16. The van der Waals surface area contributed by atoms with Crippen molar-refractivity contribution in [2.45, 2.75) is 0 Å². The molecule has 3 aromatic carbocycles. The topological polar surface area (TPSA) is 81.7 Å². The summed E-state index contributed by atoms with van der Waals surface area (Å²) >= 11 is 3.48. The van der Waals surface area contributed by atoms with Gasteiger partial charge in [-0.1, -0.05) is 40.2 Å². The van der Waals surface area contributed by atoms with Crippen LogP contribution in [-0.4, -0.2) is 32.1 Å². The lowest BCUT2D eigenvalue weighted by atomic mass is 10.0. The molecule has 3 aromatic rings. The van der Waals surface area contributed by atoms with Gasteiger partial charge in [-0.2, -0.15) is 0 Å². The second-order valence-electron chi connectivity index (χ2n) is 5.88. The van der Waals surface area contributed by atoms with Gasteiger partial charge in [-0.15, -0.1) is 0 Å². The number of carbonyl (C=O) groups excluding carboxylic acids is 3. The number of methoxy groups -OCH3 is 2. The van der Waals surface area contributed by atoms with Gasteiger partial charge in [0, 0.05) is 15.7 Å². The summed E-state index contributed by atoms with van der Waals surface area (Å²) in [5.74, 6) is -1.63. The van der Waals surface area contributed by atoms with Gasteiger partial charge in [0.2, 0.25) is 0 Å². The highest BCUT2D eigenvalue weighted by molar-refractivity contribution is 9.10. The molecule has 0 radical (unpaired) electrons. The first-order chi connectivity index (χ1) is 13.4. The molecule has 1 N–H and O–H groups in total. The van der Waals surface area contributed by atoms with E-state index in [2.05, 4.69) is 21.2 Å². The Hall–Kier alpha value is -3.19. The average molecular weight is 442 g/mol. The fourth-order valence-electron chi connectivity index (χ4n) is 2.84. The van der Waals surface area contributed by atoms with Crippen LogP contribution in [0.5, 0.6) is 0 Å². The smallest absolute Gasteiger partial charge is 0.337 e. The molecule has 0 bridgehead atoms. The van der Waals surface area contributed by atoms with E-state index in [1.54, 1.807) is 12.1 Å². The average Bonchev–Trinajstić information content (AvgIpc) is 2.72. The van der Waals surface area contributed by atoms with Crippen LogP contribution in [0.3, 0.4) is 0 Å². The van der Waals surface area contributed by atoms with Crippen LogP contribution in [-0.2, 0) is 9.47 Å². The third-order valence-electron chi connectivity index (χ3n) is 4.15. The van der Waals surface area contributed by atoms with Crippen molar-refractivity contribution in [1.82, 2.24) is 0 Å². The number of benzene rings is 3. The summed E-state index contributed by atoms with van der Waals surface area (Å²) in [7, 11) is 2.47. The Morgan fingerprint density at radius 2 is 1.39 bits per heavy atom. The number of amides is 1. The van der Waals surface area contributed by atoms with Gasteiger partial charge in [-0.05, 0) is 41.1 Å². The van der Waals surface area contributed by atoms with E-state index in [1.165, 1.54) is 32.4 Å². The summed E-state index contributed by atoms with van der Waals surface area (Å²) in [6.07, 6.45) is 0. The Balaban J connectivity index is 2.01. The third kappa shape index (κ3) is 3.89. The van der Waals surface area contributed by atoms with Crippen molar-refractivity contribution in [1.29, 1.82) is 0 Å². The molecule has 0 aliphatic rings. The summed E-state index contributed by atoms with van der Waals surface area (Å²) in [5, 5.41) is 4.41. The molecule has 0 aromatic heterocycles. The minimum atomic E-state index is -0.629. The maximum Gasteiger partial charge on any atom is 0.337 e. The van der Waals surface area contributed by atoms with Crippen LogP contribution in [0.15, 0.2) is 59.1 Å². The number of esters is 2. The van der Waals surface area contributed by atoms with Gasteiger partial charge < -0.3 is 14.8 Å². The summed E-state index contributed by atoms with van der Waals surface area (Å²) < 4.78 is 10.3. The normalized spacial score (nSPS) is 10.4. The standard InChI is InChI=1S/C21H16BrNO5/c1-27-20(25)12-9-13(21(26)28-2)11-14(10-12)23-19(24)17-7-3-6-16-15(17)5-4-8-18(16)22/h3-11H,1-2H3,(H,23,24). The highest BCUT2D eigenvalue weighted by atomic mass is 79.9. The first kappa shape index (κ1) is 19.6. The molecule has 28 heavy (non-hydrogen) atoms. The Labute approximate surface area is 169 Å². The molecule has 0 saturated heterocycles. The van der Waals surface area contributed by atoms with E-state index in [9.17, 15) is 14.4 Å². The second kappa shape index (κ2) is 8.22. The van der Waals surface area contributed by atoms with E-state index in [-0.39, 0.29) is 22.7 Å². The first-order valence-electron chi connectivity index (χ1n) is 8.25. The van der Waals surface area contributed by atoms with Crippen LogP contribution in [0.4, 0.5) is 5.69 Å². The molecule has 1 amide bonds. The number of carbonyl (C=O) groups is 3. The van der Waals surface area contributed by atoms with Crippen molar-refractivity contribution in [3.8, 4) is 0 Å². The monoisotopic (exact) mass is 441 g/mol. The minimum Gasteiger partial charge on any atom is -0.465 e. The predicted octanol–water partition coefficient (Wildman–Crippen LogP) is 4.43. The number of hydrogen-bond acceptors (Lipinski definition) is 5. The van der Waals surface area contributed by atoms with Gasteiger partial charge in [0.25, 0.3) is 5.91 Å². The lowest BCUT2D eigenvalue weighted by Crippen LogP contribution is -2.14. The van der Waals surface area contributed by atoms with Crippen molar-refractivity contribution in [3.63, 3.8) is 0 Å². The van der Waals surface area contributed by atoms with Crippen LogP contribution < -0.4 is 5.32 Å². The summed E-state index contributed by atoms with van der Waals surface area (Å²) in [5.41, 5.74) is 0.991. The van der Waals surface area contributed by atoms with Gasteiger partial charge in [-0.3, -0.25) is 4.79 Å². The first-order valence-corrected chi connectivity index (χ1v) is 9.04. The number of nitrogens with one attached hydrogen (secondary N) is 1. The molecule has 0 unspecified atom stereocenters. The van der Waals surface area contributed by atoms with Crippen molar-refractivity contribution >= 4 is 50.2 Å². The zero-order chi connectivity index (χ0) is 20.3. The van der Waals surface area contributed by atoms with E-state index in [1.807, 2.05) is 24.3 Å². The number of hydrogen-bond donors (Lipinski definition) is 1. The lowest BCUT2D eigenvalue weighted by molar-refractivity contribution is 0.0599. The largest absolute Gasteiger partial charge is 0.465 e. The molecule has 0 fully saturated rings. The zero-order valence-corrected chi connectivity index (χ0v) is 16.7. The Kier molecular flexibility index (Phi) is 5.75. The fourth-order valence-corrected chi connectivity index (χ4v) is 3.34. The van der Waals surface area contributed by atoms with Crippen molar-refractivity contribution in [3.05, 3.63) is 75.8 Å². The summed E-state index contributed by atoms with van der Waals surface area (Å²) in [6.45, 7) is 0. The van der Waals surface area contributed by atoms with Crippen LogP contribution in [0.1, 0.15) is 31.1 Å². The zero-order valence-electron chi connectivity index (χ0n) is 15.1. The molecule has 3 rings (SSSR count). The number of fused-ring (bicyclic) bond motifs is 1. The lowest BCUT2D eigenvalue weighted by Gasteiger charge is -2.11. The van der Waals surface area contributed by atoms with Crippen LogP contribution >= 0.6 is 15.9 Å². The van der Waals surface area contributed by atoms with E-state index >= 15 is 0 Å². The number of halogens is 1. The Bertz CT molecular complexity index is 1060. The molecule has 0 heterocycles. The number of ether oxygens (including phenoxy) is 2. The molecule has 0 atom stereocenters. The summed E-state index contributed by atoms with van der Waals surface area (Å²) in [6, 6.07) is 15.2. The van der Waals surface area contributed by atoms with Crippen LogP contribution in [0, 0.1) is 0 Å². The van der Waals surface area contributed by atoms with E-state index in [0.717, 1.165) is 15.2 Å². The maximum atomic E-state index is 12.9. The highest BCUT2D eigenvalue weighted by Crippen LogP contribution is 2.27. The van der Waals surface area contributed by atoms with Crippen LogP contribution in [0.2, 0.25) is 0 Å². The van der Waals surface area contributed by atoms with Crippen molar-refractivity contribution in [2.75, 3.05) is 19.5 Å². The quantitative estimate of drug-likeness (QED) is 0.605. The molecule has 7 heteroatoms. The van der Waals surface area contributed by atoms with Crippen molar-refractivity contribution < 1.29 is 23.9 Å². The molecular formula is C21H16BrNO5. The molecule has 142 valence electrons. The Morgan fingerprint density at radius 1 is 0.821 bits per heavy atom. The second-order valence-corrected chi connectivity index (χ2v) is 6.73.